The first-order valence-corrected chi connectivity index (χ1v) is 11.6. The molecule has 0 radical (unpaired) electrons. The van der Waals surface area contributed by atoms with Gasteiger partial charge in [-0.05, 0) is 62.6 Å². The van der Waals surface area contributed by atoms with E-state index in [0.29, 0.717) is 48.4 Å². The van der Waals surface area contributed by atoms with Crippen LogP contribution in [-0.2, 0) is 17.8 Å². The molecule has 11 heteroatoms. The number of benzene rings is 2. The first kappa shape index (κ1) is 25.8. The van der Waals surface area contributed by atoms with Crippen LogP contribution in [-0.4, -0.2) is 46.6 Å². The van der Waals surface area contributed by atoms with Gasteiger partial charge in [0, 0.05) is 17.3 Å². The lowest BCUT2D eigenvalue weighted by Gasteiger charge is -2.12. The molecule has 0 spiro atoms. The predicted molar refractivity (Wildman–Crippen MR) is 134 cm³/mol. The molecule has 0 saturated heterocycles. The minimum Gasteiger partial charge on any atom is -0.490 e. The topological polar surface area (TPSA) is 133 Å². The molecule has 10 nitrogen and oxygen atoms in total. The molecule has 0 unspecified atom stereocenters. The van der Waals surface area contributed by atoms with E-state index >= 15 is 0 Å². The Labute approximate surface area is 208 Å². The lowest BCUT2D eigenvalue weighted by Crippen LogP contribution is -2.27. The molecule has 0 saturated carbocycles. The van der Waals surface area contributed by atoms with Gasteiger partial charge in [-0.2, -0.15) is 0 Å². The number of nitrogens with zero attached hydrogens (tertiary/aromatic N) is 3. The molecule has 2 amide bonds. The second-order valence-electron chi connectivity index (χ2n) is 7.59. The molecule has 1 aromatic heterocycles. The molecule has 0 aliphatic heterocycles. The number of aromatic nitrogens is 3. The van der Waals surface area contributed by atoms with Gasteiger partial charge in [-0.1, -0.05) is 28.9 Å². The molecule has 2 aromatic carbocycles. The Bertz CT molecular complexity index is 1200. The van der Waals surface area contributed by atoms with Crippen molar-refractivity contribution in [1.29, 1.82) is 0 Å². The second kappa shape index (κ2) is 12.1. The number of carbonyl (C=O) groups is 2. The largest absolute Gasteiger partial charge is 0.490 e. The van der Waals surface area contributed by atoms with Crippen molar-refractivity contribution in [2.45, 2.75) is 33.7 Å². The van der Waals surface area contributed by atoms with Gasteiger partial charge in [0.05, 0.1) is 13.2 Å². The summed E-state index contributed by atoms with van der Waals surface area (Å²) >= 11 is 6.09. The van der Waals surface area contributed by atoms with Crippen molar-refractivity contribution >= 4 is 34.9 Å². The van der Waals surface area contributed by atoms with Gasteiger partial charge in [0.1, 0.15) is 6.54 Å². The van der Waals surface area contributed by atoms with Gasteiger partial charge in [0.2, 0.25) is 5.91 Å². The maximum Gasteiger partial charge on any atom is 0.275 e. The molecule has 4 N–H and O–H groups in total. The first-order valence-electron chi connectivity index (χ1n) is 11.2. The van der Waals surface area contributed by atoms with Crippen molar-refractivity contribution in [3.63, 3.8) is 0 Å². The van der Waals surface area contributed by atoms with Crippen molar-refractivity contribution in [3.05, 3.63) is 58.2 Å². The number of rotatable bonds is 11. The Balaban J connectivity index is 1.56. The van der Waals surface area contributed by atoms with Crippen molar-refractivity contribution in [1.82, 2.24) is 20.3 Å². The molecule has 186 valence electrons. The Morgan fingerprint density at radius 2 is 1.86 bits per heavy atom. The predicted octanol–water partition coefficient (Wildman–Crippen LogP) is 3.23. The molecule has 0 bridgehead atoms. The highest BCUT2D eigenvalue weighted by Crippen LogP contribution is 2.28. The van der Waals surface area contributed by atoms with Crippen molar-refractivity contribution in [2.75, 3.05) is 30.8 Å². The Kier molecular flexibility index (Phi) is 8.91. The second-order valence-corrected chi connectivity index (χ2v) is 8.00. The fraction of sp³-hybridized carbons (Fsp3) is 0.333. The summed E-state index contributed by atoms with van der Waals surface area (Å²) in [5.41, 5.74) is 8.29. The zero-order chi connectivity index (χ0) is 25.4. The number of anilines is 2. The highest BCUT2D eigenvalue weighted by atomic mass is 35.5. The lowest BCUT2D eigenvalue weighted by atomic mass is 10.1. The standard InChI is InChI=1S/C24H29ClN6O4/c1-4-34-19-10-9-16(13-20(19)35-5-2)11-12-27-24(33)22-23(26)31(30-29-22)14-21(32)28-18-8-6-7-17(25)15(18)3/h6-10,13H,4-5,11-12,14,26H2,1-3H3,(H,27,33)(H,28,32). The summed E-state index contributed by atoms with van der Waals surface area (Å²) in [7, 11) is 0. The van der Waals surface area contributed by atoms with Crippen LogP contribution in [0.25, 0.3) is 0 Å². The number of nitrogen functional groups attached to an aromatic ring is 1. The minimum atomic E-state index is -0.476. The summed E-state index contributed by atoms with van der Waals surface area (Å²) in [6, 6.07) is 10.9. The summed E-state index contributed by atoms with van der Waals surface area (Å²) in [6.45, 7) is 6.82. The number of hydrogen-bond donors (Lipinski definition) is 3. The number of amides is 2. The van der Waals surface area contributed by atoms with Gasteiger partial charge in [-0.3, -0.25) is 9.59 Å². The van der Waals surface area contributed by atoms with Crippen LogP contribution in [0.5, 0.6) is 11.5 Å². The normalized spacial score (nSPS) is 10.6. The van der Waals surface area contributed by atoms with Gasteiger partial charge in [-0.25, -0.2) is 4.68 Å². The number of hydrogen-bond acceptors (Lipinski definition) is 7. The Morgan fingerprint density at radius 1 is 1.11 bits per heavy atom. The lowest BCUT2D eigenvalue weighted by molar-refractivity contribution is -0.116. The van der Waals surface area contributed by atoms with Crippen LogP contribution in [0.15, 0.2) is 36.4 Å². The first-order chi connectivity index (χ1) is 16.8. The number of nitrogens with one attached hydrogen (secondary N) is 2. The van der Waals surface area contributed by atoms with E-state index in [1.54, 1.807) is 25.1 Å². The average Bonchev–Trinajstić information content (AvgIpc) is 3.18. The molecule has 0 aliphatic carbocycles. The SMILES string of the molecule is CCOc1ccc(CCNC(=O)c2nnn(CC(=O)Nc3cccc(Cl)c3C)c2N)cc1OCC. The average molecular weight is 501 g/mol. The zero-order valence-corrected chi connectivity index (χ0v) is 20.7. The van der Waals surface area contributed by atoms with E-state index in [9.17, 15) is 9.59 Å². The van der Waals surface area contributed by atoms with Crippen molar-refractivity contribution in [3.8, 4) is 11.5 Å². The van der Waals surface area contributed by atoms with Crippen LogP contribution >= 0.6 is 11.6 Å². The van der Waals surface area contributed by atoms with Crippen LogP contribution in [0, 0.1) is 6.92 Å². The van der Waals surface area contributed by atoms with Gasteiger partial charge in [0.25, 0.3) is 5.91 Å². The molecular formula is C24H29ClN6O4. The number of nitrogens with two attached hydrogens (primary N) is 1. The van der Waals surface area contributed by atoms with E-state index in [1.807, 2.05) is 32.0 Å². The molecule has 0 aliphatic rings. The third kappa shape index (κ3) is 6.63. The van der Waals surface area contributed by atoms with Gasteiger partial charge in [0.15, 0.2) is 23.0 Å². The van der Waals surface area contributed by atoms with Crippen LogP contribution in [0.4, 0.5) is 11.5 Å². The van der Waals surface area contributed by atoms with Crippen LogP contribution < -0.4 is 25.8 Å². The molecule has 1 heterocycles. The quantitative estimate of drug-likeness (QED) is 0.368. The van der Waals surface area contributed by atoms with Crippen LogP contribution in [0.3, 0.4) is 0 Å². The fourth-order valence-corrected chi connectivity index (χ4v) is 3.50. The maximum absolute atomic E-state index is 12.6. The molecular weight excluding hydrogens is 472 g/mol. The highest BCUT2D eigenvalue weighted by Gasteiger charge is 2.19. The number of halogens is 1. The van der Waals surface area contributed by atoms with E-state index in [1.165, 1.54) is 4.68 Å². The van der Waals surface area contributed by atoms with Crippen molar-refractivity contribution in [2.24, 2.45) is 0 Å². The van der Waals surface area contributed by atoms with Gasteiger partial charge < -0.3 is 25.8 Å². The Hall–Kier alpha value is -3.79. The van der Waals surface area contributed by atoms with Gasteiger partial charge in [-0.15, -0.1) is 5.10 Å². The third-order valence-electron chi connectivity index (χ3n) is 5.13. The van der Waals surface area contributed by atoms with E-state index in [4.69, 9.17) is 26.8 Å². The smallest absolute Gasteiger partial charge is 0.275 e. The monoisotopic (exact) mass is 500 g/mol. The summed E-state index contributed by atoms with van der Waals surface area (Å²) in [6.07, 6.45) is 0.563. The number of carbonyl (C=O) groups excluding carboxylic acids is 2. The molecule has 0 atom stereocenters. The summed E-state index contributed by atoms with van der Waals surface area (Å²) in [5.74, 6) is 0.494. The Morgan fingerprint density at radius 3 is 2.60 bits per heavy atom. The molecule has 3 rings (SSSR count). The van der Waals surface area contributed by atoms with Gasteiger partial charge >= 0.3 is 0 Å². The summed E-state index contributed by atoms with van der Waals surface area (Å²) < 4.78 is 12.4. The summed E-state index contributed by atoms with van der Waals surface area (Å²) in [5, 5.41) is 13.8. The molecule has 35 heavy (non-hydrogen) atoms. The molecule has 3 aromatic rings. The van der Waals surface area contributed by atoms with Crippen molar-refractivity contribution < 1.29 is 19.1 Å². The number of ether oxygens (including phenoxy) is 2. The van der Waals surface area contributed by atoms with E-state index in [0.717, 1.165) is 11.1 Å². The highest BCUT2D eigenvalue weighted by molar-refractivity contribution is 6.31. The molecule has 0 fully saturated rings. The van der Waals surface area contributed by atoms with Crippen LogP contribution in [0.2, 0.25) is 5.02 Å². The summed E-state index contributed by atoms with van der Waals surface area (Å²) in [4.78, 5) is 25.0. The van der Waals surface area contributed by atoms with E-state index in [2.05, 4.69) is 20.9 Å². The third-order valence-corrected chi connectivity index (χ3v) is 5.54. The van der Waals surface area contributed by atoms with E-state index < -0.39 is 5.91 Å². The minimum absolute atomic E-state index is 0.000153. The van der Waals surface area contributed by atoms with Crippen LogP contribution in [0.1, 0.15) is 35.5 Å². The zero-order valence-electron chi connectivity index (χ0n) is 19.9. The van der Waals surface area contributed by atoms with E-state index in [-0.39, 0.29) is 24.0 Å². The maximum atomic E-state index is 12.6. The fourth-order valence-electron chi connectivity index (χ4n) is 3.32.